The molecular weight excluding hydrogens is 432 g/mol. The van der Waals surface area contributed by atoms with Crippen LogP contribution in [0.15, 0.2) is 51.8 Å². The third-order valence-corrected chi connectivity index (χ3v) is 5.26. The second-order valence-electron chi connectivity index (χ2n) is 5.56. The smallest absolute Gasteiger partial charge is 0.295 e. The first-order valence-electron chi connectivity index (χ1n) is 7.98. The van der Waals surface area contributed by atoms with Gasteiger partial charge in [0.25, 0.3) is 11.1 Å². The lowest BCUT2D eigenvalue weighted by molar-refractivity contribution is -0.122. The number of benzene rings is 2. The molecule has 1 N–H and O–H groups in total. The Hall–Kier alpha value is -2.45. The number of nitrogens with zero attached hydrogens (tertiary/aromatic N) is 1. The highest BCUT2D eigenvalue weighted by molar-refractivity contribution is 9.10. The van der Waals surface area contributed by atoms with Crippen molar-refractivity contribution in [3.8, 4) is 11.5 Å². The van der Waals surface area contributed by atoms with Gasteiger partial charge in [0.2, 0.25) is 0 Å². The van der Waals surface area contributed by atoms with Crippen LogP contribution in [0.2, 0.25) is 0 Å². The number of thioether (sulfide) groups is 1. The standard InChI is InChI=1S/C19H17BrN2O4S/c1-25-15-6-7-16(26-2)12(8-15)9-17-18(23)22(19(24)27-17)11-21-14-5-3-4-13(20)10-14/h3-10,21H,11H2,1-2H3/b17-9+. The van der Waals surface area contributed by atoms with E-state index in [0.717, 1.165) is 21.9 Å². The summed E-state index contributed by atoms with van der Waals surface area (Å²) in [5.74, 6) is 0.879. The number of halogens is 1. The second-order valence-corrected chi connectivity index (χ2v) is 7.47. The van der Waals surface area contributed by atoms with E-state index in [1.807, 2.05) is 24.3 Å². The maximum Gasteiger partial charge on any atom is 0.295 e. The Kier molecular flexibility index (Phi) is 6.08. The molecular formula is C19H17BrN2O4S. The highest BCUT2D eigenvalue weighted by Crippen LogP contribution is 2.35. The number of hydrogen-bond donors (Lipinski definition) is 1. The first-order chi connectivity index (χ1) is 13.0. The van der Waals surface area contributed by atoms with E-state index in [-0.39, 0.29) is 17.8 Å². The number of imide groups is 1. The number of nitrogens with one attached hydrogen (secondary N) is 1. The minimum absolute atomic E-state index is 0.0910. The summed E-state index contributed by atoms with van der Waals surface area (Å²) in [6.45, 7) is 0.0910. The minimum Gasteiger partial charge on any atom is -0.497 e. The van der Waals surface area contributed by atoms with Crippen LogP contribution < -0.4 is 14.8 Å². The number of hydrogen-bond acceptors (Lipinski definition) is 6. The molecule has 0 atom stereocenters. The first kappa shape index (κ1) is 19.3. The molecule has 140 valence electrons. The lowest BCUT2D eigenvalue weighted by atomic mass is 10.1. The lowest BCUT2D eigenvalue weighted by Crippen LogP contribution is -2.33. The Labute approximate surface area is 169 Å². The Morgan fingerprint density at radius 3 is 2.67 bits per heavy atom. The number of carbonyl (C=O) groups excluding carboxylic acids is 2. The predicted molar refractivity (Wildman–Crippen MR) is 110 cm³/mol. The summed E-state index contributed by atoms with van der Waals surface area (Å²) in [5, 5.41) is 2.76. The first-order valence-corrected chi connectivity index (χ1v) is 9.59. The van der Waals surface area contributed by atoms with Gasteiger partial charge in [0.1, 0.15) is 11.5 Å². The van der Waals surface area contributed by atoms with E-state index in [1.54, 1.807) is 38.5 Å². The minimum atomic E-state index is -0.350. The zero-order valence-electron chi connectivity index (χ0n) is 14.7. The fourth-order valence-electron chi connectivity index (χ4n) is 2.50. The van der Waals surface area contributed by atoms with E-state index < -0.39 is 0 Å². The molecule has 2 aromatic carbocycles. The Bertz CT molecular complexity index is 916. The highest BCUT2D eigenvalue weighted by Gasteiger charge is 2.35. The number of rotatable bonds is 6. The Morgan fingerprint density at radius 1 is 1.15 bits per heavy atom. The lowest BCUT2D eigenvalue weighted by Gasteiger charge is -2.14. The van der Waals surface area contributed by atoms with Gasteiger partial charge in [0, 0.05) is 15.7 Å². The molecule has 1 heterocycles. The largest absolute Gasteiger partial charge is 0.497 e. The van der Waals surface area contributed by atoms with Gasteiger partial charge in [0.05, 0.1) is 25.8 Å². The molecule has 1 fully saturated rings. The van der Waals surface area contributed by atoms with Crippen molar-refractivity contribution in [3.05, 3.63) is 57.4 Å². The van der Waals surface area contributed by atoms with Crippen molar-refractivity contribution in [2.45, 2.75) is 0 Å². The van der Waals surface area contributed by atoms with Crippen LogP contribution in [0.1, 0.15) is 5.56 Å². The molecule has 6 nitrogen and oxygen atoms in total. The molecule has 0 saturated carbocycles. The maximum atomic E-state index is 12.7. The van der Waals surface area contributed by atoms with Gasteiger partial charge in [0.15, 0.2) is 0 Å². The van der Waals surface area contributed by atoms with Crippen LogP contribution >= 0.6 is 27.7 Å². The fraction of sp³-hybridized carbons (Fsp3) is 0.158. The van der Waals surface area contributed by atoms with Crippen LogP contribution in [0, 0.1) is 0 Å². The number of carbonyl (C=O) groups is 2. The van der Waals surface area contributed by atoms with E-state index in [4.69, 9.17) is 9.47 Å². The third kappa shape index (κ3) is 4.45. The van der Waals surface area contributed by atoms with Crippen molar-refractivity contribution in [1.82, 2.24) is 4.90 Å². The third-order valence-electron chi connectivity index (χ3n) is 3.86. The second kappa shape index (κ2) is 8.49. The highest BCUT2D eigenvalue weighted by atomic mass is 79.9. The molecule has 2 amide bonds. The van der Waals surface area contributed by atoms with Crippen molar-refractivity contribution in [1.29, 1.82) is 0 Å². The van der Waals surface area contributed by atoms with Crippen LogP contribution in [0.25, 0.3) is 6.08 Å². The van der Waals surface area contributed by atoms with Crippen LogP contribution in [0.4, 0.5) is 10.5 Å². The number of methoxy groups -OCH3 is 2. The maximum absolute atomic E-state index is 12.7. The van der Waals surface area contributed by atoms with Gasteiger partial charge >= 0.3 is 0 Å². The van der Waals surface area contributed by atoms with Gasteiger partial charge in [-0.15, -0.1) is 0 Å². The fourth-order valence-corrected chi connectivity index (χ4v) is 3.73. The van der Waals surface area contributed by atoms with Gasteiger partial charge in [-0.1, -0.05) is 22.0 Å². The van der Waals surface area contributed by atoms with E-state index in [9.17, 15) is 9.59 Å². The summed E-state index contributed by atoms with van der Waals surface area (Å²) in [6.07, 6.45) is 1.64. The van der Waals surface area contributed by atoms with Crippen molar-refractivity contribution in [2.75, 3.05) is 26.2 Å². The monoisotopic (exact) mass is 448 g/mol. The average Bonchev–Trinajstić information content (AvgIpc) is 2.93. The Morgan fingerprint density at radius 2 is 1.96 bits per heavy atom. The molecule has 1 saturated heterocycles. The van der Waals surface area contributed by atoms with Crippen molar-refractivity contribution in [3.63, 3.8) is 0 Å². The molecule has 1 aliphatic heterocycles. The molecule has 1 aliphatic rings. The predicted octanol–water partition coefficient (Wildman–Crippen LogP) is 4.57. The quantitative estimate of drug-likeness (QED) is 0.652. The van der Waals surface area contributed by atoms with E-state index in [1.165, 1.54) is 4.90 Å². The van der Waals surface area contributed by atoms with Crippen molar-refractivity contribution < 1.29 is 19.1 Å². The van der Waals surface area contributed by atoms with Crippen LogP contribution in [0.3, 0.4) is 0 Å². The molecule has 8 heteroatoms. The topological polar surface area (TPSA) is 67.9 Å². The van der Waals surface area contributed by atoms with Crippen molar-refractivity contribution in [2.24, 2.45) is 0 Å². The van der Waals surface area contributed by atoms with Crippen molar-refractivity contribution >= 4 is 50.6 Å². The van der Waals surface area contributed by atoms with Gasteiger partial charge < -0.3 is 14.8 Å². The molecule has 0 spiro atoms. The summed E-state index contributed by atoms with van der Waals surface area (Å²) in [6, 6.07) is 12.8. The number of amides is 2. The molecule has 0 radical (unpaired) electrons. The van der Waals surface area contributed by atoms with Crippen LogP contribution in [0.5, 0.6) is 11.5 Å². The molecule has 0 aliphatic carbocycles. The van der Waals surface area contributed by atoms with E-state index in [2.05, 4.69) is 21.2 Å². The molecule has 0 unspecified atom stereocenters. The number of anilines is 1. The summed E-state index contributed by atoms with van der Waals surface area (Å²) in [4.78, 5) is 26.4. The van der Waals surface area contributed by atoms with Gasteiger partial charge in [-0.3, -0.25) is 14.5 Å². The molecule has 0 bridgehead atoms. The molecule has 3 rings (SSSR count). The summed E-state index contributed by atoms with van der Waals surface area (Å²) < 4.78 is 11.5. The van der Waals surface area contributed by atoms with Crippen LogP contribution in [-0.4, -0.2) is 36.9 Å². The van der Waals surface area contributed by atoms with Gasteiger partial charge in [-0.25, -0.2) is 0 Å². The zero-order valence-corrected chi connectivity index (χ0v) is 17.1. The van der Waals surface area contributed by atoms with Gasteiger partial charge in [-0.2, -0.15) is 0 Å². The molecule has 2 aromatic rings. The molecule has 27 heavy (non-hydrogen) atoms. The summed E-state index contributed by atoms with van der Waals surface area (Å²) in [5.41, 5.74) is 1.48. The number of ether oxygens (including phenoxy) is 2. The Balaban J connectivity index is 1.78. The summed E-state index contributed by atoms with van der Waals surface area (Å²) in [7, 11) is 3.11. The van der Waals surface area contributed by atoms with E-state index in [0.29, 0.717) is 22.0 Å². The average molecular weight is 449 g/mol. The SMILES string of the molecule is COc1ccc(OC)c(/C=C2/SC(=O)N(CNc3cccc(Br)c3)C2=O)c1. The van der Waals surface area contributed by atoms with Gasteiger partial charge in [-0.05, 0) is 54.2 Å². The normalized spacial score (nSPS) is 15.4. The van der Waals surface area contributed by atoms with E-state index >= 15 is 0 Å². The summed E-state index contributed by atoms with van der Waals surface area (Å²) >= 11 is 4.29. The van der Waals surface area contributed by atoms with Crippen LogP contribution in [-0.2, 0) is 4.79 Å². The molecule has 0 aromatic heterocycles. The zero-order chi connectivity index (χ0) is 19.4.